The number of fused-ring (bicyclic) bond motifs is 1. The van der Waals surface area contributed by atoms with Crippen molar-refractivity contribution in [2.75, 3.05) is 13.1 Å². The standard InChI is InChI=1S/C24H30FN3O3.C6H10/c1-17(2)22(30)27-12-6-10-23(14-27)9-5-11-24(23,31)15-28-16-26-20(13-21(28)29)18-7-3-4-8-19(18)25;1-2-5-4-6(5)3-1/h3-4,7-8,13,16-17,31H,5-6,9-12,14-15H2,1-2H3;5-6H,1-4H2. The third-order valence-electron chi connectivity index (χ3n) is 9.30. The lowest BCUT2D eigenvalue weighted by Crippen LogP contribution is -2.58. The fourth-order valence-corrected chi connectivity index (χ4v) is 7.04. The number of aliphatic hydroxyl groups is 1. The number of amides is 1. The van der Waals surface area contributed by atoms with Gasteiger partial charge in [0.1, 0.15) is 5.82 Å². The molecule has 4 unspecified atom stereocenters. The summed E-state index contributed by atoms with van der Waals surface area (Å²) in [5, 5.41) is 11.7. The average Bonchev–Trinajstić information content (AvgIpc) is 3.36. The molecule has 0 bridgehead atoms. The molecule has 2 aromatic rings. The number of halogens is 1. The molecular formula is C30H40FN3O3. The van der Waals surface area contributed by atoms with Crippen LogP contribution in [-0.2, 0) is 11.3 Å². The highest BCUT2D eigenvalue weighted by Crippen LogP contribution is 2.53. The first-order chi connectivity index (χ1) is 17.7. The molecule has 4 atom stereocenters. The zero-order chi connectivity index (χ0) is 26.2. The van der Waals surface area contributed by atoms with Crippen molar-refractivity contribution in [2.24, 2.45) is 23.2 Å². The van der Waals surface area contributed by atoms with Gasteiger partial charge in [0.05, 0.1) is 24.2 Å². The largest absolute Gasteiger partial charge is 0.387 e. The SMILES string of the molecule is C1CC2CC2C1.CC(C)C(=O)N1CCCC2(CCCC2(O)Cn2cnc(-c3ccccc3F)cc2=O)C1. The number of nitrogens with zero attached hydrogens (tertiary/aromatic N) is 3. The molecule has 6 nitrogen and oxygen atoms in total. The summed E-state index contributed by atoms with van der Waals surface area (Å²) < 4.78 is 15.5. The first kappa shape index (κ1) is 26.1. The summed E-state index contributed by atoms with van der Waals surface area (Å²) in [6.07, 6.45) is 11.6. The fraction of sp³-hybridized carbons (Fsp3) is 0.633. The van der Waals surface area contributed by atoms with Crippen molar-refractivity contribution in [2.45, 2.75) is 83.8 Å². The first-order valence-electron chi connectivity index (χ1n) is 14.0. The molecule has 1 amide bonds. The third kappa shape index (κ3) is 5.25. The molecule has 37 heavy (non-hydrogen) atoms. The minimum absolute atomic E-state index is 0.0811. The van der Waals surface area contributed by atoms with Crippen molar-refractivity contribution in [3.63, 3.8) is 0 Å². The zero-order valence-corrected chi connectivity index (χ0v) is 22.2. The van der Waals surface area contributed by atoms with E-state index in [1.807, 2.05) is 18.7 Å². The minimum atomic E-state index is -1.09. The lowest BCUT2D eigenvalue weighted by Gasteiger charge is -2.49. The lowest BCUT2D eigenvalue weighted by molar-refractivity contribution is -0.147. The van der Waals surface area contributed by atoms with E-state index in [1.165, 1.54) is 41.3 Å². The average molecular weight is 510 g/mol. The summed E-state index contributed by atoms with van der Waals surface area (Å²) >= 11 is 0. The zero-order valence-electron chi connectivity index (χ0n) is 22.2. The van der Waals surface area contributed by atoms with Gasteiger partial charge in [0.15, 0.2) is 0 Å². The van der Waals surface area contributed by atoms with E-state index in [-0.39, 0.29) is 35.2 Å². The second-order valence-electron chi connectivity index (χ2n) is 12.1. The summed E-state index contributed by atoms with van der Waals surface area (Å²) in [5.41, 5.74) is -1.28. The van der Waals surface area contributed by atoms with E-state index in [4.69, 9.17) is 0 Å². The Morgan fingerprint density at radius 2 is 1.86 bits per heavy atom. The maximum absolute atomic E-state index is 14.1. The van der Waals surface area contributed by atoms with Gasteiger partial charge in [-0.3, -0.25) is 14.2 Å². The number of hydrogen-bond donors (Lipinski definition) is 1. The number of benzene rings is 1. The maximum Gasteiger partial charge on any atom is 0.253 e. The van der Waals surface area contributed by atoms with Gasteiger partial charge in [0.25, 0.3) is 5.56 Å². The Hall–Kier alpha value is -2.54. The number of piperidine rings is 1. The molecule has 6 rings (SSSR count). The molecular weight excluding hydrogens is 469 g/mol. The Balaban J connectivity index is 0.000000403. The van der Waals surface area contributed by atoms with E-state index in [2.05, 4.69) is 4.98 Å². The number of carbonyl (C=O) groups is 1. The van der Waals surface area contributed by atoms with Crippen LogP contribution in [0.3, 0.4) is 0 Å². The van der Waals surface area contributed by atoms with Gasteiger partial charge < -0.3 is 10.0 Å². The van der Waals surface area contributed by atoms with Crippen LogP contribution in [-0.4, -0.2) is 44.2 Å². The van der Waals surface area contributed by atoms with Gasteiger partial charge in [-0.15, -0.1) is 0 Å². The van der Waals surface area contributed by atoms with Gasteiger partial charge in [-0.25, -0.2) is 9.37 Å². The summed E-state index contributed by atoms with van der Waals surface area (Å²) in [7, 11) is 0. The molecule has 7 heteroatoms. The smallest absolute Gasteiger partial charge is 0.253 e. The Kier molecular flexibility index (Phi) is 7.27. The van der Waals surface area contributed by atoms with E-state index in [1.54, 1.807) is 37.5 Å². The van der Waals surface area contributed by atoms with E-state index in [0.29, 0.717) is 19.5 Å². The van der Waals surface area contributed by atoms with Crippen molar-refractivity contribution >= 4 is 5.91 Å². The molecule has 1 spiro atoms. The Labute approximate surface area is 218 Å². The van der Waals surface area contributed by atoms with E-state index >= 15 is 0 Å². The topological polar surface area (TPSA) is 75.4 Å². The second kappa shape index (κ2) is 10.3. The van der Waals surface area contributed by atoms with Gasteiger partial charge in [0, 0.05) is 36.1 Å². The number of likely N-dealkylation sites (tertiary alicyclic amines) is 1. The highest BCUT2D eigenvalue weighted by molar-refractivity contribution is 5.78. The van der Waals surface area contributed by atoms with Crippen molar-refractivity contribution in [3.8, 4) is 11.3 Å². The van der Waals surface area contributed by atoms with Crippen LogP contribution >= 0.6 is 0 Å². The van der Waals surface area contributed by atoms with Gasteiger partial charge in [-0.05, 0) is 62.5 Å². The molecule has 1 aromatic heterocycles. The monoisotopic (exact) mass is 509 g/mol. The van der Waals surface area contributed by atoms with Crippen molar-refractivity contribution in [3.05, 3.63) is 52.8 Å². The summed E-state index contributed by atoms with van der Waals surface area (Å²) in [4.78, 5) is 31.6. The molecule has 4 fully saturated rings. The van der Waals surface area contributed by atoms with Crippen molar-refractivity contribution < 1.29 is 14.3 Å². The van der Waals surface area contributed by atoms with Gasteiger partial charge in [0.2, 0.25) is 5.91 Å². The second-order valence-corrected chi connectivity index (χ2v) is 12.1. The Morgan fingerprint density at radius 1 is 1.14 bits per heavy atom. The highest BCUT2D eigenvalue weighted by Gasteiger charge is 2.56. The normalized spacial score (nSPS) is 30.2. The molecule has 1 aromatic carbocycles. The molecule has 0 radical (unpaired) electrons. The summed E-state index contributed by atoms with van der Waals surface area (Å²) in [6.45, 7) is 5.16. The molecule has 1 aliphatic heterocycles. The number of hydrogen-bond acceptors (Lipinski definition) is 4. The van der Waals surface area contributed by atoms with Crippen LogP contribution in [0.1, 0.15) is 71.6 Å². The molecule has 200 valence electrons. The highest BCUT2D eigenvalue weighted by atomic mass is 19.1. The van der Waals surface area contributed by atoms with Gasteiger partial charge in [-0.1, -0.05) is 45.2 Å². The molecule has 4 aliphatic rings. The molecule has 2 heterocycles. The van der Waals surface area contributed by atoms with E-state index in [0.717, 1.165) is 25.7 Å². The van der Waals surface area contributed by atoms with Crippen LogP contribution in [0.4, 0.5) is 4.39 Å². The summed E-state index contributed by atoms with van der Waals surface area (Å²) in [5.74, 6) is 2.02. The number of aromatic nitrogens is 2. The van der Waals surface area contributed by atoms with Gasteiger partial charge in [-0.2, -0.15) is 0 Å². The third-order valence-corrected chi connectivity index (χ3v) is 9.30. The fourth-order valence-electron chi connectivity index (χ4n) is 7.04. The number of rotatable bonds is 4. The maximum atomic E-state index is 14.1. The van der Waals surface area contributed by atoms with E-state index in [9.17, 15) is 19.1 Å². The van der Waals surface area contributed by atoms with E-state index < -0.39 is 16.8 Å². The molecule has 1 N–H and O–H groups in total. The molecule has 3 aliphatic carbocycles. The first-order valence-corrected chi connectivity index (χ1v) is 14.0. The van der Waals surface area contributed by atoms with Crippen LogP contribution in [0, 0.1) is 29.0 Å². The molecule has 3 saturated carbocycles. The van der Waals surface area contributed by atoms with Crippen LogP contribution in [0.25, 0.3) is 11.3 Å². The lowest BCUT2D eigenvalue weighted by atomic mass is 9.68. The summed E-state index contributed by atoms with van der Waals surface area (Å²) in [6, 6.07) is 7.53. The predicted octanol–water partition coefficient (Wildman–Crippen LogP) is 5.04. The Morgan fingerprint density at radius 3 is 2.49 bits per heavy atom. The van der Waals surface area contributed by atoms with Crippen LogP contribution < -0.4 is 5.56 Å². The predicted molar refractivity (Wildman–Crippen MR) is 141 cm³/mol. The van der Waals surface area contributed by atoms with Crippen LogP contribution in [0.15, 0.2) is 41.5 Å². The van der Waals surface area contributed by atoms with Crippen LogP contribution in [0.2, 0.25) is 0 Å². The number of carbonyl (C=O) groups excluding carboxylic acids is 1. The quantitative estimate of drug-likeness (QED) is 0.627. The van der Waals surface area contributed by atoms with Gasteiger partial charge >= 0.3 is 0 Å². The minimum Gasteiger partial charge on any atom is -0.387 e. The Bertz CT molecular complexity index is 1190. The molecule has 1 saturated heterocycles. The van der Waals surface area contributed by atoms with Crippen molar-refractivity contribution in [1.29, 1.82) is 0 Å². The van der Waals surface area contributed by atoms with Crippen molar-refractivity contribution in [1.82, 2.24) is 14.5 Å². The van der Waals surface area contributed by atoms with Crippen LogP contribution in [0.5, 0.6) is 0 Å².